The maximum Gasteiger partial charge on any atom is 0.133 e. The van der Waals surface area contributed by atoms with Crippen molar-refractivity contribution in [2.45, 2.75) is 13.3 Å². The minimum absolute atomic E-state index is 0.423. The molecule has 4 nitrogen and oxygen atoms in total. The van der Waals surface area contributed by atoms with Crippen molar-refractivity contribution in [2.24, 2.45) is 0 Å². The fraction of sp³-hybridized carbons (Fsp3) is 0.286. The number of aryl methyl sites for hydroxylation is 1. The Labute approximate surface area is 117 Å². The van der Waals surface area contributed by atoms with Gasteiger partial charge < -0.3 is 9.47 Å². The molecule has 0 aliphatic rings. The number of nitrogens with zero attached hydrogens (tertiary/aromatic N) is 2. The predicted octanol–water partition coefficient (Wildman–Crippen LogP) is 3.38. The van der Waals surface area contributed by atoms with Crippen LogP contribution >= 0.6 is 11.6 Å². The molecule has 0 N–H and O–H groups in total. The summed E-state index contributed by atoms with van der Waals surface area (Å²) < 4.78 is 10.6. The number of ether oxygens (including phenoxy) is 2. The molecule has 0 amide bonds. The van der Waals surface area contributed by atoms with Crippen LogP contribution in [0.4, 0.5) is 0 Å². The summed E-state index contributed by atoms with van der Waals surface area (Å²) in [6.07, 6.45) is 0.722. The van der Waals surface area contributed by atoms with Gasteiger partial charge in [-0.05, 0) is 18.2 Å². The summed E-state index contributed by atoms with van der Waals surface area (Å²) in [7, 11) is 3.24. The van der Waals surface area contributed by atoms with E-state index < -0.39 is 0 Å². The fourth-order valence-corrected chi connectivity index (χ4v) is 1.98. The third-order valence-electron chi connectivity index (χ3n) is 2.74. The zero-order chi connectivity index (χ0) is 13.8. The molecule has 1 heterocycles. The van der Waals surface area contributed by atoms with Crippen LogP contribution in [-0.4, -0.2) is 24.2 Å². The fourth-order valence-electron chi connectivity index (χ4n) is 1.78. The molecule has 0 bridgehead atoms. The second-order valence-corrected chi connectivity index (χ2v) is 4.30. The van der Waals surface area contributed by atoms with Crippen LogP contribution in [0.1, 0.15) is 12.7 Å². The van der Waals surface area contributed by atoms with Crippen molar-refractivity contribution in [3.8, 4) is 22.8 Å². The van der Waals surface area contributed by atoms with Gasteiger partial charge in [-0.3, -0.25) is 0 Å². The molecule has 0 saturated carbocycles. The summed E-state index contributed by atoms with van der Waals surface area (Å²) in [5, 5.41) is 0.423. The van der Waals surface area contributed by atoms with Gasteiger partial charge in [-0.25, -0.2) is 9.97 Å². The zero-order valence-corrected chi connectivity index (χ0v) is 11.9. The summed E-state index contributed by atoms with van der Waals surface area (Å²) in [5.74, 6) is 2.16. The van der Waals surface area contributed by atoms with E-state index in [2.05, 4.69) is 9.97 Å². The Morgan fingerprint density at radius 2 is 1.89 bits per heavy atom. The molecule has 0 unspecified atom stereocenters. The lowest BCUT2D eigenvalue weighted by Gasteiger charge is -2.11. The molecule has 0 radical (unpaired) electrons. The van der Waals surface area contributed by atoms with Crippen LogP contribution in [0.5, 0.6) is 11.5 Å². The molecule has 0 spiro atoms. The number of aromatic nitrogens is 2. The van der Waals surface area contributed by atoms with Crippen LogP contribution in [0.2, 0.25) is 5.15 Å². The maximum absolute atomic E-state index is 6.02. The molecule has 5 heteroatoms. The third-order valence-corrected chi connectivity index (χ3v) is 2.93. The van der Waals surface area contributed by atoms with E-state index in [1.54, 1.807) is 20.3 Å². The van der Waals surface area contributed by atoms with E-state index in [0.717, 1.165) is 29.2 Å². The second-order valence-electron chi connectivity index (χ2n) is 3.91. The van der Waals surface area contributed by atoms with E-state index in [-0.39, 0.29) is 0 Å². The largest absolute Gasteiger partial charge is 0.497 e. The summed E-state index contributed by atoms with van der Waals surface area (Å²) in [6.45, 7) is 1.98. The molecular weight excluding hydrogens is 264 g/mol. The molecule has 19 heavy (non-hydrogen) atoms. The van der Waals surface area contributed by atoms with E-state index in [0.29, 0.717) is 11.0 Å². The Balaban J connectivity index is 2.59. The first-order valence-corrected chi connectivity index (χ1v) is 6.31. The Morgan fingerprint density at radius 1 is 1.11 bits per heavy atom. The van der Waals surface area contributed by atoms with Gasteiger partial charge >= 0.3 is 0 Å². The van der Waals surface area contributed by atoms with Crippen LogP contribution in [0.15, 0.2) is 24.3 Å². The number of hydrogen-bond donors (Lipinski definition) is 0. The van der Waals surface area contributed by atoms with Gasteiger partial charge in [0.25, 0.3) is 0 Å². The minimum atomic E-state index is 0.423. The summed E-state index contributed by atoms with van der Waals surface area (Å²) in [6, 6.07) is 7.27. The number of benzene rings is 1. The van der Waals surface area contributed by atoms with Crippen molar-refractivity contribution >= 4 is 11.6 Å². The van der Waals surface area contributed by atoms with Gasteiger partial charge in [0, 0.05) is 18.1 Å². The van der Waals surface area contributed by atoms with E-state index in [1.807, 2.05) is 25.1 Å². The highest BCUT2D eigenvalue weighted by molar-refractivity contribution is 6.29. The first-order chi connectivity index (χ1) is 9.17. The maximum atomic E-state index is 6.02. The van der Waals surface area contributed by atoms with Crippen LogP contribution in [0, 0.1) is 0 Å². The first kappa shape index (κ1) is 13.6. The normalized spacial score (nSPS) is 10.3. The number of halogens is 1. The van der Waals surface area contributed by atoms with Crippen LogP contribution in [-0.2, 0) is 6.42 Å². The molecule has 0 atom stereocenters. The van der Waals surface area contributed by atoms with Gasteiger partial charge in [0.05, 0.1) is 19.9 Å². The molecule has 2 aromatic rings. The molecule has 0 aliphatic heterocycles. The lowest BCUT2D eigenvalue weighted by atomic mass is 10.1. The molecule has 0 fully saturated rings. The van der Waals surface area contributed by atoms with E-state index in [1.165, 1.54) is 0 Å². The molecular formula is C14H15ClN2O2. The standard InChI is InChI=1S/C14H15ClN2O2/c1-4-14-16-11(8-13(15)17-14)10-7-9(18-2)5-6-12(10)19-3/h5-8H,4H2,1-3H3. The first-order valence-electron chi connectivity index (χ1n) is 5.93. The van der Waals surface area contributed by atoms with Gasteiger partial charge in [-0.1, -0.05) is 18.5 Å². The quantitative estimate of drug-likeness (QED) is 0.804. The SMILES string of the molecule is CCc1nc(Cl)cc(-c2cc(OC)ccc2OC)n1. The van der Waals surface area contributed by atoms with Crippen molar-refractivity contribution in [2.75, 3.05) is 14.2 Å². The predicted molar refractivity (Wildman–Crippen MR) is 75.0 cm³/mol. The highest BCUT2D eigenvalue weighted by Crippen LogP contribution is 2.33. The average molecular weight is 279 g/mol. The highest BCUT2D eigenvalue weighted by Gasteiger charge is 2.11. The number of rotatable bonds is 4. The lowest BCUT2D eigenvalue weighted by molar-refractivity contribution is 0.404. The average Bonchev–Trinajstić information content (AvgIpc) is 2.45. The Kier molecular flexibility index (Phi) is 4.22. The van der Waals surface area contributed by atoms with Crippen molar-refractivity contribution in [3.05, 3.63) is 35.2 Å². The van der Waals surface area contributed by atoms with Gasteiger partial charge in [-0.15, -0.1) is 0 Å². The Bertz CT molecular complexity index is 588. The summed E-state index contributed by atoms with van der Waals surface area (Å²) in [5.41, 5.74) is 1.56. The van der Waals surface area contributed by atoms with Gasteiger partial charge in [0.2, 0.25) is 0 Å². The van der Waals surface area contributed by atoms with Gasteiger partial charge in [0.1, 0.15) is 22.5 Å². The van der Waals surface area contributed by atoms with Crippen LogP contribution in [0.25, 0.3) is 11.3 Å². The van der Waals surface area contributed by atoms with Crippen molar-refractivity contribution in [1.29, 1.82) is 0 Å². The molecule has 100 valence electrons. The molecule has 2 rings (SSSR count). The molecule has 0 aliphatic carbocycles. The topological polar surface area (TPSA) is 44.2 Å². The summed E-state index contributed by atoms with van der Waals surface area (Å²) in [4.78, 5) is 8.63. The monoisotopic (exact) mass is 278 g/mol. The van der Waals surface area contributed by atoms with Crippen molar-refractivity contribution in [3.63, 3.8) is 0 Å². The Hall–Kier alpha value is -1.81. The van der Waals surface area contributed by atoms with Crippen LogP contribution in [0.3, 0.4) is 0 Å². The van der Waals surface area contributed by atoms with E-state index in [9.17, 15) is 0 Å². The third kappa shape index (κ3) is 2.96. The minimum Gasteiger partial charge on any atom is -0.497 e. The molecule has 1 aromatic heterocycles. The Morgan fingerprint density at radius 3 is 2.53 bits per heavy atom. The van der Waals surface area contributed by atoms with E-state index >= 15 is 0 Å². The van der Waals surface area contributed by atoms with Crippen molar-refractivity contribution < 1.29 is 9.47 Å². The second kappa shape index (κ2) is 5.89. The highest BCUT2D eigenvalue weighted by atomic mass is 35.5. The molecule has 1 aromatic carbocycles. The van der Waals surface area contributed by atoms with E-state index in [4.69, 9.17) is 21.1 Å². The number of hydrogen-bond acceptors (Lipinski definition) is 4. The zero-order valence-electron chi connectivity index (χ0n) is 11.1. The van der Waals surface area contributed by atoms with Crippen LogP contribution < -0.4 is 9.47 Å². The summed E-state index contributed by atoms with van der Waals surface area (Å²) >= 11 is 6.02. The smallest absolute Gasteiger partial charge is 0.133 e. The van der Waals surface area contributed by atoms with Crippen molar-refractivity contribution in [1.82, 2.24) is 9.97 Å². The molecule has 0 saturated heterocycles. The van der Waals surface area contributed by atoms with Gasteiger partial charge in [-0.2, -0.15) is 0 Å². The lowest BCUT2D eigenvalue weighted by Crippen LogP contribution is -1.97. The number of methoxy groups -OCH3 is 2. The van der Waals surface area contributed by atoms with Gasteiger partial charge in [0.15, 0.2) is 0 Å².